The zero-order valence-corrected chi connectivity index (χ0v) is 14.2. The molecular weight excluding hydrogens is 312 g/mol. The van der Waals surface area contributed by atoms with Gasteiger partial charge in [-0.3, -0.25) is 0 Å². The van der Waals surface area contributed by atoms with Gasteiger partial charge in [0, 0.05) is 17.5 Å². The molecule has 0 N–H and O–H groups in total. The number of ether oxygens (including phenoxy) is 1. The highest BCUT2D eigenvalue weighted by Crippen LogP contribution is 2.19. The summed E-state index contributed by atoms with van der Waals surface area (Å²) in [5, 5.41) is 0.727. The summed E-state index contributed by atoms with van der Waals surface area (Å²) in [4.78, 5) is 15.8. The van der Waals surface area contributed by atoms with Gasteiger partial charge in [0.1, 0.15) is 5.82 Å². The van der Waals surface area contributed by atoms with Crippen LogP contribution >= 0.6 is 11.6 Å². The Balaban J connectivity index is 2.32. The van der Waals surface area contributed by atoms with Crippen LogP contribution in [0.2, 0.25) is 5.02 Å². The summed E-state index contributed by atoms with van der Waals surface area (Å²) in [6.07, 6.45) is 7.98. The lowest BCUT2D eigenvalue weighted by Crippen LogP contribution is -2.08. The first-order chi connectivity index (χ1) is 11.2. The summed E-state index contributed by atoms with van der Waals surface area (Å²) < 4.78 is 6.74. The Morgan fingerprint density at radius 2 is 2.17 bits per heavy atom. The van der Waals surface area contributed by atoms with Crippen molar-refractivity contribution in [3.63, 3.8) is 0 Å². The van der Waals surface area contributed by atoms with E-state index in [2.05, 4.69) is 21.2 Å². The molecule has 2 aromatic rings. The first-order valence-electron chi connectivity index (χ1n) is 7.69. The summed E-state index contributed by atoms with van der Waals surface area (Å²) in [6, 6.07) is 7.76. The standard InChI is InChI=1S/C18H21ClN2O2/c1-3-4-9-17-20-12-15(10-11-18(22)23-2)21(17)13-14-7-5-6-8-16(14)19/h5-8,10-12H,3-4,9,13H2,1-2H3/b11-10+. The first-order valence-corrected chi connectivity index (χ1v) is 8.07. The molecule has 1 heterocycles. The maximum absolute atomic E-state index is 11.3. The van der Waals surface area contributed by atoms with E-state index in [0.717, 1.165) is 41.4 Å². The Bertz CT molecular complexity index is 692. The number of unbranched alkanes of at least 4 members (excludes halogenated alkanes) is 1. The number of hydrogen-bond donors (Lipinski definition) is 0. The quantitative estimate of drug-likeness (QED) is 0.566. The third-order valence-electron chi connectivity index (χ3n) is 3.60. The van der Waals surface area contributed by atoms with Crippen LogP contribution in [0.1, 0.15) is 36.8 Å². The number of methoxy groups -OCH3 is 1. The number of hydrogen-bond acceptors (Lipinski definition) is 3. The van der Waals surface area contributed by atoms with Gasteiger partial charge in [0.25, 0.3) is 0 Å². The van der Waals surface area contributed by atoms with Gasteiger partial charge in [-0.15, -0.1) is 0 Å². The zero-order valence-electron chi connectivity index (χ0n) is 13.5. The van der Waals surface area contributed by atoms with Gasteiger partial charge in [-0.2, -0.15) is 0 Å². The van der Waals surface area contributed by atoms with E-state index in [1.54, 1.807) is 12.3 Å². The molecule has 5 heteroatoms. The van der Waals surface area contributed by atoms with Gasteiger partial charge in [-0.25, -0.2) is 9.78 Å². The van der Waals surface area contributed by atoms with E-state index in [-0.39, 0.29) is 5.97 Å². The molecule has 23 heavy (non-hydrogen) atoms. The smallest absolute Gasteiger partial charge is 0.330 e. The average molecular weight is 333 g/mol. The summed E-state index contributed by atoms with van der Waals surface area (Å²) in [6.45, 7) is 2.78. The highest BCUT2D eigenvalue weighted by molar-refractivity contribution is 6.31. The maximum atomic E-state index is 11.3. The van der Waals surface area contributed by atoms with E-state index in [0.29, 0.717) is 6.54 Å². The minimum Gasteiger partial charge on any atom is -0.466 e. The second kappa shape index (κ2) is 8.53. The largest absolute Gasteiger partial charge is 0.466 e. The summed E-state index contributed by atoms with van der Waals surface area (Å²) in [7, 11) is 1.36. The van der Waals surface area contributed by atoms with Crippen LogP contribution in [0.15, 0.2) is 36.5 Å². The minimum atomic E-state index is -0.384. The fourth-order valence-corrected chi connectivity index (χ4v) is 2.49. The van der Waals surface area contributed by atoms with Crippen LogP contribution in [0.5, 0.6) is 0 Å². The summed E-state index contributed by atoms with van der Waals surface area (Å²) in [5.74, 6) is 0.613. The monoisotopic (exact) mass is 332 g/mol. The molecule has 122 valence electrons. The molecule has 0 aliphatic rings. The molecule has 1 aromatic carbocycles. The highest BCUT2D eigenvalue weighted by atomic mass is 35.5. The van der Waals surface area contributed by atoms with E-state index in [1.165, 1.54) is 13.2 Å². The van der Waals surface area contributed by atoms with Crippen molar-refractivity contribution < 1.29 is 9.53 Å². The van der Waals surface area contributed by atoms with Gasteiger partial charge < -0.3 is 9.30 Å². The number of imidazole rings is 1. The minimum absolute atomic E-state index is 0.384. The molecular formula is C18H21ClN2O2. The van der Waals surface area contributed by atoms with Crippen LogP contribution in [0.25, 0.3) is 6.08 Å². The summed E-state index contributed by atoms with van der Waals surface area (Å²) in [5.41, 5.74) is 1.89. The molecule has 0 atom stereocenters. The predicted molar refractivity (Wildman–Crippen MR) is 92.4 cm³/mol. The maximum Gasteiger partial charge on any atom is 0.330 e. The van der Waals surface area contributed by atoms with Crippen molar-refractivity contribution in [2.45, 2.75) is 32.7 Å². The highest BCUT2D eigenvalue weighted by Gasteiger charge is 2.10. The average Bonchev–Trinajstić information content (AvgIpc) is 2.94. The van der Waals surface area contributed by atoms with Crippen LogP contribution in [-0.2, 0) is 22.5 Å². The topological polar surface area (TPSA) is 44.1 Å². The number of nitrogens with zero attached hydrogens (tertiary/aromatic N) is 2. The number of benzene rings is 1. The van der Waals surface area contributed by atoms with Gasteiger partial charge in [0.15, 0.2) is 0 Å². The number of carbonyl (C=O) groups is 1. The Kier molecular flexibility index (Phi) is 6.41. The normalized spacial score (nSPS) is 11.1. The van der Waals surface area contributed by atoms with Crippen molar-refractivity contribution in [1.29, 1.82) is 0 Å². The van der Waals surface area contributed by atoms with Gasteiger partial charge in [0.2, 0.25) is 0 Å². The van der Waals surface area contributed by atoms with Crippen LogP contribution in [0, 0.1) is 0 Å². The van der Waals surface area contributed by atoms with Crippen molar-refractivity contribution in [2.75, 3.05) is 7.11 Å². The number of esters is 1. The molecule has 0 saturated carbocycles. The third-order valence-corrected chi connectivity index (χ3v) is 3.97. The fourth-order valence-electron chi connectivity index (χ4n) is 2.30. The van der Waals surface area contributed by atoms with Crippen LogP contribution < -0.4 is 0 Å². The molecule has 0 spiro atoms. The van der Waals surface area contributed by atoms with Crippen LogP contribution in [-0.4, -0.2) is 22.6 Å². The number of carbonyl (C=O) groups excluding carboxylic acids is 1. The van der Waals surface area contributed by atoms with Crippen molar-refractivity contribution in [3.05, 3.63) is 58.6 Å². The number of aromatic nitrogens is 2. The van der Waals surface area contributed by atoms with Crippen molar-refractivity contribution in [1.82, 2.24) is 9.55 Å². The lowest BCUT2D eigenvalue weighted by molar-refractivity contribution is -0.134. The Hall–Kier alpha value is -2.07. The van der Waals surface area contributed by atoms with Gasteiger partial charge in [-0.1, -0.05) is 43.1 Å². The molecule has 0 aliphatic carbocycles. The first kappa shape index (κ1) is 17.3. The van der Waals surface area contributed by atoms with E-state index in [4.69, 9.17) is 11.6 Å². The van der Waals surface area contributed by atoms with E-state index in [1.807, 2.05) is 24.3 Å². The molecule has 0 radical (unpaired) electrons. The number of aryl methyl sites for hydroxylation is 1. The lowest BCUT2D eigenvalue weighted by Gasteiger charge is -2.11. The number of rotatable bonds is 7. The molecule has 0 saturated heterocycles. The van der Waals surface area contributed by atoms with E-state index >= 15 is 0 Å². The van der Waals surface area contributed by atoms with Gasteiger partial charge in [0.05, 0.1) is 25.5 Å². The lowest BCUT2D eigenvalue weighted by atomic mass is 10.2. The van der Waals surface area contributed by atoms with Crippen LogP contribution in [0.3, 0.4) is 0 Å². The summed E-state index contributed by atoms with van der Waals surface area (Å²) >= 11 is 6.27. The number of halogens is 1. The van der Waals surface area contributed by atoms with Crippen LogP contribution in [0.4, 0.5) is 0 Å². The Labute approximate surface area is 141 Å². The molecule has 2 rings (SSSR count). The van der Waals surface area contributed by atoms with Crippen molar-refractivity contribution >= 4 is 23.6 Å². The zero-order chi connectivity index (χ0) is 16.7. The van der Waals surface area contributed by atoms with Crippen molar-refractivity contribution in [2.24, 2.45) is 0 Å². The van der Waals surface area contributed by atoms with Crippen molar-refractivity contribution in [3.8, 4) is 0 Å². The van der Waals surface area contributed by atoms with Gasteiger partial charge in [-0.05, 0) is 24.1 Å². The van der Waals surface area contributed by atoms with E-state index in [9.17, 15) is 4.79 Å². The molecule has 0 aliphatic heterocycles. The molecule has 1 aromatic heterocycles. The second-order valence-electron chi connectivity index (χ2n) is 5.24. The third kappa shape index (κ3) is 4.70. The Morgan fingerprint density at radius 1 is 1.39 bits per heavy atom. The second-order valence-corrected chi connectivity index (χ2v) is 5.64. The van der Waals surface area contributed by atoms with E-state index < -0.39 is 0 Å². The fraction of sp³-hybridized carbons (Fsp3) is 0.333. The molecule has 0 amide bonds. The molecule has 4 nitrogen and oxygen atoms in total. The van der Waals surface area contributed by atoms with Gasteiger partial charge >= 0.3 is 5.97 Å². The Morgan fingerprint density at radius 3 is 2.87 bits per heavy atom. The molecule has 0 bridgehead atoms. The molecule has 0 fully saturated rings. The predicted octanol–water partition coefficient (Wildman–Crippen LogP) is 4.11. The SMILES string of the molecule is CCCCc1ncc(/C=C/C(=O)OC)n1Cc1ccccc1Cl. The molecule has 0 unspecified atom stereocenters.